The van der Waals surface area contributed by atoms with E-state index in [4.69, 9.17) is 4.74 Å². The molecule has 1 aliphatic heterocycles. The van der Waals surface area contributed by atoms with E-state index in [1.54, 1.807) is 0 Å². The van der Waals surface area contributed by atoms with E-state index in [0.717, 1.165) is 6.07 Å². The molecule has 1 fully saturated rings. The number of H-pyrrole nitrogens is 1. The number of hydrogen-bond acceptors (Lipinski definition) is 7. The van der Waals surface area contributed by atoms with Crippen LogP contribution in [0.5, 0.6) is 0 Å². The molecule has 3 heterocycles. The standard InChI is InChI=1S/C18H17F3N6O3/c19-9-3-8(14(21)10(20)4-9)5-22-18(29)15-13-16(23-7-24-17(13)27-26-15)25-11-6-30-2-1-12(11)28/h3-4,7,11-12,28H,1-2,5-6H2,(H,22,29)(H2,23,24,25,26,27)/t11-,12-/m1/s1. The van der Waals surface area contributed by atoms with E-state index in [1.807, 2.05) is 0 Å². The summed E-state index contributed by atoms with van der Waals surface area (Å²) in [4.78, 5) is 20.8. The lowest BCUT2D eigenvalue weighted by atomic mass is 10.1. The molecule has 1 aromatic carbocycles. The van der Waals surface area contributed by atoms with Crippen LogP contribution in [0.1, 0.15) is 22.5 Å². The number of aliphatic hydroxyl groups excluding tert-OH is 1. The zero-order valence-corrected chi connectivity index (χ0v) is 15.5. The summed E-state index contributed by atoms with van der Waals surface area (Å²) in [5, 5.41) is 22.3. The van der Waals surface area contributed by atoms with E-state index in [1.165, 1.54) is 6.33 Å². The largest absolute Gasteiger partial charge is 0.391 e. The minimum Gasteiger partial charge on any atom is -0.391 e. The van der Waals surface area contributed by atoms with E-state index < -0.39 is 42.0 Å². The number of benzene rings is 1. The monoisotopic (exact) mass is 422 g/mol. The molecule has 2 aromatic heterocycles. The first-order chi connectivity index (χ1) is 14.4. The van der Waals surface area contributed by atoms with Crippen LogP contribution in [0.25, 0.3) is 11.0 Å². The summed E-state index contributed by atoms with van der Waals surface area (Å²) in [7, 11) is 0. The SMILES string of the molecule is O=C(NCc1cc(F)cc(F)c1F)c1n[nH]c2ncnc(N[C@@H]3COCC[C@H]3O)c12. The molecule has 0 aliphatic carbocycles. The molecule has 0 saturated carbocycles. The van der Waals surface area contributed by atoms with Crippen LogP contribution in [0.4, 0.5) is 19.0 Å². The highest BCUT2D eigenvalue weighted by Gasteiger charge is 2.26. The number of nitrogens with zero attached hydrogens (tertiary/aromatic N) is 3. The number of anilines is 1. The Kier molecular flexibility index (Phi) is 5.50. The van der Waals surface area contributed by atoms with Gasteiger partial charge in [0.2, 0.25) is 0 Å². The molecule has 12 heteroatoms. The van der Waals surface area contributed by atoms with Gasteiger partial charge < -0.3 is 20.5 Å². The molecular weight excluding hydrogens is 405 g/mol. The van der Waals surface area contributed by atoms with Crippen molar-refractivity contribution in [3.63, 3.8) is 0 Å². The average Bonchev–Trinajstić information content (AvgIpc) is 3.16. The number of aromatic nitrogens is 4. The van der Waals surface area contributed by atoms with Crippen LogP contribution >= 0.6 is 0 Å². The summed E-state index contributed by atoms with van der Waals surface area (Å²) in [6.07, 6.45) is 1.03. The highest BCUT2D eigenvalue weighted by Crippen LogP contribution is 2.24. The fourth-order valence-corrected chi connectivity index (χ4v) is 3.17. The number of rotatable bonds is 5. The number of carbonyl (C=O) groups excluding carboxylic acids is 1. The Balaban J connectivity index is 1.57. The van der Waals surface area contributed by atoms with E-state index >= 15 is 0 Å². The third-order valence-corrected chi connectivity index (χ3v) is 4.72. The van der Waals surface area contributed by atoms with Gasteiger partial charge in [0.05, 0.1) is 24.1 Å². The normalized spacial score (nSPS) is 19.1. The number of aromatic amines is 1. The van der Waals surface area contributed by atoms with Crippen LogP contribution in [0, 0.1) is 17.5 Å². The number of fused-ring (bicyclic) bond motifs is 1. The minimum atomic E-state index is -1.35. The summed E-state index contributed by atoms with van der Waals surface area (Å²) < 4.78 is 45.8. The first-order valence-electron chi connectivity index (χ1n) is 9.07. The van der Waals surface area contributed by atoms with Crippen molar-refractivity contribution in [1.29, 1.82) is 0 Å². The van der Waals surface area contributed by atoms with Gasteiger partial charge in [-0.3, -0.25) is 9.89 Å². The van der Waals surface area contributed by atoms with Crippen molar-refractivity contribution in [3.05, 3.63) is 47.2 Å². The molecule has 1 saturated heterocycles. The molecule has 0 radical (unpaired) electrons. The number of hydrogen-bond donors (Lipinski definition) is 4. The number of amides is 1. The van der Waals surface area contributed by atoms with Crippen LogP contribution < -0.4 is 10.6 Å². The van der Waals surface area contributed by atoms with Gasteiger partial charge >= 0.3 is 0 Å². The summed E-state index contributed by atoms with van der Waals surface area (Å²) in [5.74, 6) is -4.05. The van der Waals surface area contributed by atoms with Crippen molar-refractivity contribution in [2.75, 3.05) is 18.5 Å². The summed E-state index contributed by atoms with van der Waals surface area (Å²) >= 11 is 0. The van der Waals surface area contributed by atoms with Gasteiger partial charge in [0.15, 0.2) is 23.0 Å². The Morgan fingerprint density at radius 2 is 2.13 bits per heavy atom. The third kappa shape index (κ3) is 3.91. The minimum absolute atomic E-state index is 0.100. The number of halogens is 3. The predicted octanol–water partition coefficient (Wildman–Crippen LogP) is 1.26. The van der Waals surface area contributed by atoms with Crippen LogP contribution in [0.3, 0.4) is 0 Å². The van der Waals surface area contributed by atoms with Gasteiger partial charge in [-0.15, -0.1) is 0 Å². The van der Waals surface area contributed by atoms with Gasteiger partial charge in [-0.05, 0) is 12.5 Å². The van der Waals surface area contributed by atoms with Crippen LogP contribution in [-0.4, -0.2) is 56.5 Å². The maximum atomic E-state index is 13.8. The molecule has 30 heavy (non-hydrogen) atoms. The Morgan fingerprint density at radius 3 is 2.93 bits per heavy atom. The first-order valence-corrected chi connectivity index (χ1v) is 9.07. The Morgan fingerprint density at radius 1 is 1.30 bits per heavy atom. The van der Waals surface area contributed by atoms with Crippen molar-refractivity contribution in [1.82, 2.24) is 25.5 Å². The molecule has 3 aromatic rings. The average molecular weight is 422 g/mol. The summed E-state index contributed by atoms with van der Waals surface area (Å²) in [5.41, 5.74) is -0.193. The van der Waals surface area contributed by atoms with Gasteiger partial charge in [0.25, 0.3) is 5.91 Å². The topological polar surface area (TPSA) is 125 Å². The second-order valence-electron chi connectivity index (χ2n) is 6.74. The van der Waals surface area contributed by atoms with Crippen molar-refractivity contribution in [2.45, 2.75) is 25.1 Å². The molecule has 9 nitrogen and oxygen atoms in total. The van der Waals surface area contributed by atoms with E-state index in [2.05, 4.69) is 30.8 Å². The van der Waals surface area contributed by atoms with Crippen molar-refractivity contribution >= 4 is 22.8 Å². The number of aliphatic hydroxyl groups is 1. The maximum absolute atomic E-state index is 13.8. The Labute approximate surface area is 167 Å². The maximum Gasteiger partial charge on any atom is 0.272 e. The fraction of sp³-hybridized carbons (Fsp3) is 0.333. The van der Waals surface area contributed by atoms with E-state index in [9.17, 15) is 23.1 Å². The lowest BCUT2D eigenvalue weighted by Crippen LogP contribution is -2.42. The van der Waals surface area contributed by atoms with Gasteiger partial charge in [0.1, 0.15) is 18.0 Å². The van der Waals surface area contributed by atoms with Crippen molar-refractivity contribution in [3.8, 4) is 0 Å². The van der Waals surface area contributed by atoms with Crippen LogP contribution in [0.2, 0.25) is 0 Å². The smallest absolute Gasteiger partial charge is 0.272 e. The predicted molar refractivity (Wildman–Crippen MR) is 98.0 cm³/mol. The molecule has 2 atom stereocenters. The molecule has 158 valence electrons. The number of nitrogens with one attached hydrogen (secondary N) is 3. The molecule has 4 N–H and O–H groups in total. The van der Waals surface area contributed by atoms with E-state index in [0.29, 0.717) is 19.1 Å². The Hall–Kier alpha value is -3.25. The summed E-state index contributed by atoms with van der Waals surface area (Å²) in [6, 6.07) is 0.759. The zero-order valence-electron chi connectivity index (χ0n) is 15.5. The van der Waals surface area contributed by atoms with E-state index in [-0.39, 0.29) is 34.7 Å². The molecule has 0 spiro atoms. The van der Waals surface area contributed by atoms with Gasteiger partial charge in [-0.2, -0.15) is 5.10 Å². The quantitative estimate of drug-likeness (QED) is 0.456. The van der Waals surface area contributed by atoms with Gasteiger partial charge in [-0.25, -0.2) is 23.1 Å². The van der Waals surface area contributed by atoms with Crippen molar-refractivity contribution < 1.29 is 27.8 Å². The van der Waals surface area contributed by atoms with Crippen LogP contribution in [-0.2, 0) is 11.3 Å². The summed E-state index contributed by atoms with van der Waals surface area (Å²) in [6.45, 7) is 0.227. The lowest BCUT2D eigenvalue weighted by Gasteiger charge is -2.28. The highest BCUT2D eigenvalue weighted by molar-refractivity contribution is 6.07. The molecule has 1 aliphatic rings. The molecule has 0 bridgehead atoms. The third-order valence-electron chi connectivity index (χ3n) is 4.72. The molecule has 4 rings (SSSR count). The molecule has 1 amide bonds. The molecular formula is C18H17F3N6O3. The van der Waals surface area contributed by atoms with Gasteiger partial charge in [-0.1, -0.05) is 0 Å². The number of ether oxygens (including phenoxy) is 1. The second-order valence-corrected chi connectivity index (χ2v) is 6.74. The Bertz CT molecular complexity index is 1090. The lowest BCUT2D eigenvalue weighted by molar-refractivity contribution is 0.00308. The fourth-order valence-electron chi connectivity index (χ4n) is 3.17. The molecule has 0 unspecified atom stereocenters. The van der Waals surface area contributed by atoms with Gasteiger partial charge in [0, 0.05) is 24.8 Å². The second kappa shape index (κ2) is 8.24. The number of carbonyl (C=O) groups is 1. The van der Waals surface area contributed by atoms with Crippen LogP contribution in [0.15, 0.2) is 18.5 Å². The first kappa shape index (κ1) is 20.0. The zero-order chi connectivity index (χ0) is 21.3. The van der Waals surface area contributed by atoms with Crippen molar-refractivity contribution in [2.24, 2.45) is 0 Å². The highest BCUT2D eigenvalue weighted by atomic mass is 19.2.